The Labute approximate surface area is 241 Å². The molecule has 10 heteroatoms. The Bertz CT molecular complexity index is 1350. The van der Waals surface area contributed by atoms with Crippen LogP contribution in [0.3, 0.4) is 0 Å². The van der Waals surface area contributed by atoms with E-state index in [2.05, 4.69) is 5.32 Å². The number of nitrogens with zero attached hydrogens (tertiary/aromatic N) is 2. The summed E-state index contributed by atoms with van der Waals surface area (Å²) in [5.41, 5.74) is 1.11. The molecule has 0 fully saturated rings. The summed E-state index contributed by atoms with van der Waals surface area (Å²) in [6, 6.07) is 20.8. The van der Waals surface area contributed by atoms with Gasteiger partial charge in [0.05, 0.1) is 17.2 Å². The fourth-order valence-electron chi connectivity index (χ4n) is 4.20. The van der Waals surface area contributed by atoms with Gasteiger partial charge in [-0.25, -0.2) is 8.42 Å². The van der Waals surface area contributed by atoms with Gasteiger partial charge < -0.3 is 15.0 Å². The number of nitrogens with one attached hydrogen (secondary N) is 1. The first-order valence-corrected chi connectivity index (χ1v) is 15.1. The number of rotatable bonds is 14. The molecule has 1 N–H and O–H groups in total. The van der Waals surface area contributed by atoms with Gasteiger partial charge in [0.15, 0.2) is 0 Å². The van der Waals surface area contributed by atoms with Gasteiger partial charge in [-0.2, -0.15) is 0 Å². The Kier molecular flexibility index (Phi) is 11.4. The van der Waals surface area contributed by atoms with Crippen LogP contribution >= 0.6 is 11.6 Å². The van der Waals surface area contributed by atoms with Crippen molar-refractivity contribution in [2.75, 3.05) is 24.0 Å². The van der Waals surface area contributed by atoms with Crippen molar-refractivity contribution in [2.45, 2.75) is 51.1 Å². The van der Waals surface area contributed by atoms with Crippen molar-refractivity contribution in [3.05, 3.63) is 89.4 Å². The molecule has 1 unspecified atom stereocenters. The fourth-order valence-corrected chi connectivity index (χ4v) is 5.74. The summed E-state index contributed by atoms with van der Waals surface area (Å²) in [6.07, 6.45) is 1.11. The Morgan fingerprint density at radius 1 is 0.925 bits per heavy atom. The molecule has 0 radical (unpaired) electrons. The molecule has 0 aromatic heterocycles. The molecule has 214 valence electrons. The van der Waals surface area contributed by atoms with Crippen molar-refractivity contribution in [3.8, 4) is 5.75 Å². The van der Waals surface area contributed by atoms with E-state index in [4.69, 9.17) is 16.3 Å². The summed E-state index contributed by atoms with van der Waals surface area (Å²) in [5.74, 6) is -0.207. The Balaban J connectivity index is 2.04. The second-order valence-corrected chi connectivity index (χ2v) is 11.4. The maximum atomic E-state index is 14.0. The van der Waals surface area contributed by atoms with Crippen LogP contribution in [0, 0.1) is 0 Å². The molecule has 40 heavy (non-hydrogen) atoms. The van der Waals surface area contributed by atoms with Crippen LogP contribution in [0.2, 0.25) is 5.02 Å². The van der Waals surface area contributed by atoms with E-state index in [9.17, 15) is 18.0 Å². The molecule has 0 aliphatic heterocycles. The zero-order valence-electron chi connectivity index (χ0n) is 23.0. The number of hydrogen-bond acceptors (Lipinski definition) is 5. The van der Waals surface area contributed by atoms with Gasteiger partial charge >= 0.3 is 0 Å². The van der Waals surface area contributed by atoms with Crippen LogP contribution in [-0.2, 0) is 26.2 Å². The molecule has 0 aliphatic rings. The molecule has 0 saturated heterocycles. The van der Waals surface area contributed by atoms with E-state index in [0.29, 0.717) is 30.3 Å². The zero-order valence-corrected chi connectivity index (χ0v) is 24.6. The number of carbonyl (C=O) groups is 2. The molecular weight excluding hydrogens is 550 g/mol. The highest BCUT2D eigenvalue weighted by Gasteiger charge is 2.33. The third-order valence-electron chi connectivity index (χ3n) is 6.25. The second kappa shape index (κ2) is 14.7. The van der Waals surface area contributed by atoms with Crippen molar-refractivity contribution in [1.82, 2.24) is 10.2 Å². The van der Waals surface area contributed by atoms with Crippen LogP contribution in [-0.4, -0.2) is 50.9 Å². The lowest BCUT2D eigenvalue weighted by atomic mass is 10.1. The van der Waals surface area contributed by atoms with E-state index in [1.165, 1.54) is 29.2 Å². The van der Waals surface area contributed by atoms with Gasteiger partial charge in [0.25, 0.3) is 10.0 Å². The van der Waals surface area contributed by atoms with Crippen LogP contribution in [0.25, 0.3) is 0 Å². The molecule has 0 heterocycles. The number of ether oxygens (including phenoxy) is 1. The molecule has 8 nitrogen and oxygen atoms in total. The molecule has 0 saturated carbocycles. The summed E-state index contributed by atoms with van der Waals surface area (Å²) in [7, 11) is -4.18. The molecule has 3 aromatic rings. The third kappa shape index (κ3) is 7.99. The van der Waals surface area contributed by atoms with E-state index in [-0.39, 0.29) is 23.0 Å². The van der Waals surface area contributed by atoms with Gasteiger partial charge in [-0.15, -0.1) is 0 Å². The summed E-state index contributed by atoms with van der Waals surface area (Å²) >= 11 is 6.00. The second-order valence-electron chi connectivity index (χ2n) is 9.11. The van der Waals surface area contributed by atoms with Crippen molar-refractivity contribution in [3.63, 3.8) is 0 Å². The number of carbonyl (C=O) groups excluding carboxylic acids is 2. The van der Waals surface area contributed by atoms with Crippen molar-refractivity contribution < 1.29 is 22.7 Å². The average molecular weight is 586 g/mol. The predicted molar refractivity (Wildman–Crippen MR) is 158 cm³/mol. The van der Waals surface area contributed by atoms with E-state index in [1.54, 1.807) is 24.3 Å². The lowest BCUT2D eigenvalue weighted by Gasteiger charge is -2.33. The van der Waals surface area contributed by atoms with Crippen molar-refractivity contribution in [1.29, 1.82) is 0 Å². The van der Waals surface area contributed by atoms with Gasteiger partial charge in [0.2, 0.25) is 11.8 Å². The summed E-state index contributed by atoms with van der Waals surface area (Å²) in [5, 5.41) is 3.27. The van der Waals surface area contributed by atoms with Gasteiger partial charge in [0, 0.05) is 18.1 Å². The number of hydrogen-bond donors (Lipinski definition) is 1. The number of benzene rings is 3. The summed E-state index contributed by atoms with van der Waals surface area (Å²) < 4.78 is 34.3. The third-order valence-corrected chi connectivity index (χ3v) is 8.29. The number of anilines is 1. The molecule has 0 bridgehead atoms. The normalized spacial score (nSPS) is 11.9. The molecule has 0 spiro atoms. The van der Waals surface area contributed by atoms with Crippen LogP contribution in [0.5, 0.6) is 5.75 Å². The first-order chi connectivity index (χ1) is 19.2. The smallest absolute Gasteiger partial charge is 0.264 e. The van der Waals surface area contributed by atoms with Gasteiger partial charge in [0.1, 0.15) is 18.3 Å². The lowest BCUT2D eigenvalue weighted by molar-refractivity contribution is -0.140. The van der Waals surface area contributed by atoms with Crippen LogP contribution in [0.15, 0.2) is 83.8 Å². The summed E-state index contributed by atoms with van der Waals surface area (Å²) in [6.45, 7) is 6.20. The summed E-state index contributed by atoms with van der Waals surface area (Å²) in [4.78, 5) is 28.6. The predicted octanol–water partition coefficient (Wildman–Crippen LogP) is 5.27. The number of halogens is 1. The highest BCUT2D eigenvalue weighted by Crippen LogP contribution is 2.27. The van der Waals surface area contributed by atoms with E-state index >= 15 is 0 Å². The monoisotopic (exact) mass is 585 g/mol. The van der Waals surface area contributed by atoms with E-state index < -0.39 is 28.5 Å². The van der Waals surface area contributed by atoms with E-state index in [1.807, 2.05) is 51.1 Å². The van der Waals surface area contributed by atoms with Crippen LogP contribution < -0.4 is 14.4 Å². The minimum absolute atomic E-state index is 0.0130. The maximum absolute atomic E-state index is 14.0. The maximum Gasteiger partial charge on any atom is 0.264 e. The van der Waals surface area contributed by atoms with Crippen molar-refractivity contribution >= 4 is 39.1 Å². The highest BCUT2D eigenvalue weighted by molar-refractivity contribution is 7.92. The van der Waals surface area contributed by atoms with Crippen molar-refractivity contribution in [2.24, 2.45) is 0 Å². The molecule has 2 amide bonds. The Morgan fingerprint density at radius 2 is 1.57 bits per heavy atom. The number of amides is 2. The Morgan fingerprint density at radius 3 is 2.15 bits per heavy atom. The molecule has 3 rings (SSSR count). The first-order valence-electron chi connectivity index (χ1n) is 13.3. The van der Waals surface area contributed by atoms with Crippen LogP contribution in [0.1, 0.15) is 39.2 Å². The van der Waals surface area contributed by atoms with Gasteiger partial charge in [-0.05, 0) is 73.9 Å². The fraction of sp³-hybridized carbons (Fsp3) is 0.333. The molecule has 0 aliphatic carbocycles. The van der Waals surface area contributed by atoms with Crippen LogP contribution in [0.4, 0.5) is 5.69 Å². The lowest BCUT2D eigenvalue weighted by Crippen LogP contribution is -2.52. The molecule has 1 atom stereocenters. The topological polar surface area (TPSA) is 96.0 Å². The minimum atomic E-state index is -4.18. The number of sulfonamides is 1. The Hall–Kier alpha value is -3.56. The highest BCUT2D eigenvalue weighted by atomic mass is 35.5. The quantitative estimate of drug-likeness (QED) is 0.278. The van der Waals surface area contributed by atoms with Gasteiger partial charge in [-0.3, -0.25) is 13.9 Å². The SMILES string of the molecule is CCCNC(=O)C(CC)N(Cc1ccccc1)C(=O)CN(c1ccc(OCC)cc1)S(=O)(=O)c1ccc(Cl)cc1. The minimum Gasteiger partial charge on any atom is -0.494 e. The average Bonchev–Trinajstić information content (AvgIpc) is 2.96. The zero-order chi connectivity index (χ0) is 29.1. The largest absolute Gasteiger partial charge is 0.494 e. The van der Waals surface area contributed by atoms with Gasteiger partial charge in [-0.1, -0.05) is 55.8 Å². The molecule has 3 aromatic carbocycles. The standard InChI is InChI=1S/C30H36ClN3O5S/c1-4-20-32-30(36)28(5-2)33(21-23-10-8-7-9-11-23)29(35)22-34(25-14-16-26(17-15-25)39-6-3)40(37,38)27-18-12-24(31)13-19-27/h7-19,28H,4-6,20-22H2,1-3H3,(H,32,36). The van der Waals surface area contributed by atoms with E-state index in [0.717, 1.165) is 16.3 Å². The first kappa shape index (κ1) is 31.0. The molecular formula is C30H36ClN3O5S.